The van der Waals surface area contributed by atoms with Gasteiger partial charge >= 0.3 is 0 Å². The number of ether oxygens (including phenoxy) is 2. The normalized spacial score (nSPS) is 12.4. The molecule has 0 bridgehead atoms. The summed E-state index contributed by atoms with van der Waals surface area (Å²) in [4.78, 5) is 0. The van der Waals surface area contributed by atoms with Crippen LogP contribution in [0.5, 0.6) is 0 Å². The molecule has 4 heteroatoms. The Morgan fingerprint density at radius 2 is 2.24 bits per heavy atom. The van der Waals surface area contributed by atoms with E-state index in [1.807, 2.05) is 31.2 Å². The molecule has 1 aromatic carbocycles. The molecule has 0 heterocycles. The van der Waals surface area contributed by atoms with Crippen LogP contribution in [-0.2, 0) is 16.1 Å². The molecule has 0 aromatic heterocycles. The Labute approximate surface area is 103 Å². The largest absolute Gasteiger partial charge is 0.389 e. The minimum Gasteiger partial charge on any atom is -0.389 e. The lowest BCUT2D eigenvalue weighted by Crippen LogP contribution is -2.24. The second-order valence-electron chi connectivity index (χ2n) is 3.83. The molecule has 1 rings (SSSR count). The van der Waals surface area contributed by atoms with Gasteiger partial charge in [0.05, 0.1) is 19.3 Å². The maximum absolute atomic E-state index is 9.60. The van der Waals surface area contributed by atoms with Gasteiger partial charge in [0, 0.05) is 25.9 Å². The average molecular weight is 239 g/mol. The highest BCUT2D eigenvalue weighted by atomic mass is 16.5. The van der Waals surface area contributed by atoms with Crippen LogP contribution in [0, 0.1) is 0 Å². The molecule has 0 aliphatic carbocycles. The Morgan fingerprint density at radius 3 is 2.94 bits per heavy atom. The van der Waals surface area contributed by atoms with Gasteiger partial charge in [-0.3, -0.25) is 0 Å². The summed E-state index contributed by atoms with van der Waals surface area (Å²) < 4.78 is 10.2. The first-order chi connectivity index (χ1) is 8.26. The van der Waals surface area contributed by atoms with Gasteiger partial charge in [0.25, 0.3) is 0 Å². The van der Waals surface area contributed by atoms with Gasteiger partial charge in [0.2, 0.25) is 0 Å². The summed E-state index contributed by atoms with van der Waals surface area (Å²) in [7, 11) is 1.67. The van der Waals surface area contributed by atoms with Crippen LogP contribution in [0.3, 0.4) is 0 Å². The van der Waals surface area contributed by atoms with E-state index in [4.69, 9.17) is 9.47 Å². The van der Waals surface area contributed by atoms with Crippen molar-refractivity contribution in [3.8, 4) is 0 Å². The Kier molecular flexibility index (Phi) is 6.62. The molecule has 4 nitrogen and oxygen atoms in total. The number of hydrogen-bond acceptors (Lipinski definition) is 4. The van der Waals surface area contributed by atoms with Crippen molar-refractivity contribution >= 4 is 5.69 Å². The van der Waals surface area contributed by atoms with Crippen molar-refractivity contribution in [2.45, 2.75) is 19.6 Å². The number of benzene rings is 1. The monoisotopic (exact) mass is 239 g/mol. The van der Waals surface area contributed by atoms with Gasteiger partial charge in [0.1, 0.15) is 0 Å². The maximum atomic E-state index is 9.60. The fraction of sp³-hybridized carbons (Fsp3) is 0.538. The fourth-order valence-electron chi connectivity index (χ4n) is 1.49. The minimum absolute atomic E-state index is 0.362. The van der Waals surface area contributed by atoms with E-state index in [0.29, 0.717) is 26.4 Å². The number of aliphatic hydroxyl groups is 1. The number of anilines is 1. The quantitative estimate of drug-likeness (QED) is 0.724. The molecule has 1 aromatic rings. The average Bonchev–Trinajstić information content (AvgIpc) is 2.35. The van der Waals surface area contributed by atoms with Gasteiger partial charge < -0.3 is 19.9 Å². The Hall–Kier alpha value is -1.10. The molecule has 0 aliphatic heterocycles. The van der Waals surface area contributed by atoms with Gasteiger partial charge in [-0.2, -0.15) is 0 Å². The molecular weight excluding hydrogens is 218 g/mol. The van der Waals surface area contributed by atoms with Crippen molar-refractivity contribution < 1.29 is 14.6 Å². The molecule has 0 radical (unpaired) electrons. The van der Waals surface area contributed by atoms with Crippen molar-refractivity contribution in [3.63, 3.8) is 0 Å². The van der Waals surface area contributed by atoms with Gasteiger partial charge in [-0.1, -0.05) is 12.1 Å². The summed E-state index contributed by atoms with van der Waals surface area (Å²) in [5.41, 5.74) is 2.09. The van der Waals surface area contributed by atoms with Crippen LogP contribution < -0.4 is 5.32 Å². The van der Waals surface area contributed by atoms with E-state index in [1.54, 1.807) is 7.11 Å². The summed E-state index contributed by atoms with van der Waals surface area (Å²) in [6.07, 6.45) is -0.485. The number of methoxy groups -OCH3 is 1. The lowest BCUT2D eigenvalue weighted by atomic mass is 10.2. The van der Waals surface area contributed by atoms with Gasteiger partial charge in [-0.25, -0.2) is 0 Å². The van der Waals surface area contributed by atoms with Crippen molar-refractivity contribution in [1.29, 1.82) is 0 Å². The van der Waals surface area contributed by atoms with Crippen LogP contribution in [0.25, 0.3) is 0 Å². The third kappa shape index (κ3) is 5.68. The second kappa shape index (κ2) is 8.06. The van der Waals surface area contributed by atoms with E-state index in [2.05, 4.69) is 5.32 Å². The van der Waals surface area contributed by atoms with Crippen LogP contribution in [0.15, 0.2) is 24.3 Å². The molecule has 96 valence electrons. The van der Waals surface area contributed by atoms with E-state index >= 15 is 0 Å². The zero-order valence-corrected chi connectivity index (χ0v) is 10.5. The molecule has 0 aliphatic rings. The molecule has 1 atom stereocenters. The molecule has 17 heavy (non-hydrogen) atoms. The molecule has 1 unspecified atom stereocenters. The topological polar surface area (TPSA) is 50.7 Å². The lowest BCUT2D eigenvalue weighted by molar-refractivity contribution is 0.0496. The molecular formula is C13H21NO3. The Bertz CT molecular complexity index is 317. The first-order valence-corrected chi connectivity index (χ1v) is 5.83. The fourth-order valence-corrected chi connectivity index (χ4v) is 1.49. The van der Waals surface area contributed by atoms with Gasteiger partial charge in [0.15, 0.2) is 0 Å². The molecule has 0 fully saturated rings. The third-order valence-electron chi connectivity index (χ3n) is 2.29. The maximum Gasteiger partial charge on any atom is 0.0945 e. The van der Waals surface area contributed by atoms with E-state index in [1.165, 1.54) is 0 Å². The van der Waals surface area contributed by atoms with Gasteiger partial charge in [-0.05, 0) is 24.6 Å². The summed E-state index contributed by atoms with van der Waals surface area (Å²) in [6.45, 7) is 3.98. The van der Waals surface area contributed by atoms with Crippen molar-refractivity contribution in [2.75, 3.05) is 32.2 Å². The predicted molar refractivity (Wildman–Crippen MR) is 68.1 cm³/mol. The Balaban J connectivity index is 2.37. The highest BCUT2D eigenvalue weighted by Crippen LogP contribution is 2.11. The third-order valence-corrected chi connectivity index (χ3v) is 2.29. The standard InChI is InChI=1S/C13H21NO3/c1-3-17-10-13(15)8-14-12-6-4-5-11(7-12)9-16-2/h4-7,13-15H,3,8-10H2,1-2H3. The minimum atomic E-state index is -0.485. The van der Waals surface area contributed by atoms with E-state index in [-0.39, 0.29) is 0 Å². The number of hydrogen-bond donors (Lipinski definition) is 2. The zero-order valence-electron chi connectivity index (χ0n) is 10.5. The van der Waals surface area contributed by atoms with E-state index < -0.39 is 6.10 Å². The molecule has 0 amide bonds. The summed E-state index contributed by atoms with van der Waals surface area (Å²) in [5.74, 6) is 0. The van der Waals surface area contributed by atoms with Crippen LogP contribution in [0.2, 0.25) is 0 Å². The molecule has 2 N–H and O–H groups in total. The highest BCUT2D eigenvalue weighted by molar-refractivity contribution is 5.45. The number of nitrogens with one attached hydrogen (secondary N) is 1. The van der Waals surface area contributed by atoms with Crippen LogP contribution in [0.4, 0.5) is 5.69 Å². The first kappa shape index (κ1) is 14.0. The highest BCUT2D eigenvalue weighted by Gasteiger charge is 2.03. The summed E-state index contributed by atoms with van der Waals surface area (Å²) in [6, 6.07) is 7.94. The van der Waals surface area contributed by atoms with Crippen LogP contribution >= 0.6 is 0 Å². The first-order valence-electron chi connectivity index (χ1n) is 5.83. The summed E-state index contributed by atoms with van der Waals surface area (Å²) >= 11 is 0. The zero-order chi connectivity index (χ0) is 12.5. The number of aliphatic hydroxyl groups excluding tert-OH is 1. The van der Waals surface area contributed by atoms with E-state index in [9.17, 15) is 5.11 Å². The van der Waals surface area contributed by atoms with E-state index in [0.717, 1.165) is 11.3 Å². The molecule has 0 saturated heterocycles. The SMILES string of the molecule is CCOCC(O)CNc1cccc(COC)c1. The summed E-state index contributed by atoms with van der Waals surface area (Å²) in [5, 5.41) is 12.8. The van der Waals surface area contributed by atoms with Gasteiger partial charge in [-0.15, -0.1) is 0 Å². The smallest absolute Gasteiger partial charge is 0.0945 e. The lowest BCUT2D eigenvalue weighted by Gasteiger charge is -2.13. The van der Waals surface area contributed by atoms with Crippen molar-refractivity contribution in [1.82, 2.24) is 0 Å². The van der Waals surface area contributed by atoms with Crippen LogP contribution in [0.1, 0.15) is 12.5 Å². The predicted octanol–water partition coefficient (Wildman–Crippen LogP) is 1.64. The van der Waals surface area contributed by atoms with Crippen LogP contribution in [-0.4, -0.2) is 38.1 Å². The number of rotatable bonds is 8. The second-order valence-corrected chi connectivity index (χ2v) is 3.83. The molecule has 0 saturated carbocycles. The Morgan fingerprint density at radius 1 is 1.41 bits per heavy atom. The molecule has 0 spiro atoms. The van der Waals surface area contributed by atoms with Crippen molar-refractivity contribution in [2.24, 2.45) is 0 Å². The van der Waals surface area contributed by atoms with Crippen molar-refractivity contribution in [3.05, 3.63) is 29.8 Å².